The van der Waals surface area contributed by atoms with Crippen molar-refractivity contribution in [1.29, 1.82) is 0 Å². The van der Waals surface area contributed by atoms with Gasteiger partial charge in [0, 0.05) is 0 Å². The fourth-order valence-electron chi connectivity index (χ4n) is 0.711. The fourth-order valence-corrected chi connectivity index (χ4v) is 0.711. The zero-order chi connectivity index (χ0) is 13.0. The van der Waals surface area contributed by atoms with Gasteiger partial charge in [0.15, 0.2) is 0 Å². The molecule has 0 heterocycles. The van der Waals surface area contributed by atoms with Gasteiger partial charge in [-0.15, -0.1) is 0 Å². The summed E-state index contributed by atoms with van der Waals surface area (Å²) in [5.74, 6) is 0. The van der Waals surface area contributed by atoms with Gasteiger partial charge in [0.25, 0.3) is 0 Å². The van der Waals surface area contributed by atoms with Crippen LogP contribution in [-0.4, -0.2) is 3.21 Å². The van der Waals surface area contributed by atoms with Crippen LogP contribution in [0.15, 0.2) is 36.4 Å². The average Bonchev–Trinajstić information content (AvgIpc) is 2.52. The second-order valence-corrected chi connectivity index (χ2v) is 6.07. The third-order valence-corrected chi connectivity index (χ3v) is 1.62. The molecule has 0 N–H and O–H groups in total. The van der Waals surface area contributed by atoms with Gasteiger partial charge in [0.05, 0.1) is 0 Å². The Kier molecular flexibility index (Phi) is 28.9. The minimum Gasteiger partial charge on any atom is -1.00 e. The Morgan fingerprint density at radius 2 is 1.50 bits per heavy atom. The Balaban J connectivity index is -0.0000000811. The molecule has 0 amide bonds. The largest absolute Gasteiger partial charge is 1.00 e. The van der Waals surface area contributed by atoms with E-state index in [0.29, 0.717) is 0 Å². The van der Waals surface area contributed by atoms with Crippen LogP contribution in [0.3, 0.4) is 0 Å². The molecule has 3 heteroatoms. The molecule has 0 atom stereocenters. The van der Waals surface area contributed by atoms with E-state index in [1.54, 1.807) is 30.3 Å². The second-order valence-electron chi connectivity index (χ2n) is 3.61. The molecule has 0 unspecified atom stereocenters. The number of aryl methyl sites for hydroxylation is 2. The zero-order valence-electron chi connectivity index (χ0n) is 11.8. The molecule has 0 aromatic heterocycles. The minimum absolute atomic E-state index is 0. The van der Waals surface area contributed by atoms with E-state index >= 15 is 0 Å². The Morgan fingerprint density at radius 1 is 1.17 bits per heavy atom. The van der Waals surface area contributed by atoms with Gasteiger partial charge in [-0.2, -0.15) is 35.4 Å². The molecule has 18 heavy (non-hydrogen) atoms. The van der Waals surface area contributed by atoms with E-state index in [-0.39, 0.29) is 24.8 Å². The van der Waals surface area contributed by atoms with Crippen LogP contribution in [0.4, 0.5) is 0 Å². The van der Waals surface area contributed by atoms with Gasteiger partial charge in [-0.05, 0) is 0 Å². The predicted octanol–water partition coefficient (Wildman–Crippen LogP) is -1.67. The van der Waals surface area contributed by atoms with Crippen LogP contribution in [0.5, 0.6) is 0 Å². The van der Waals surface area contributed by atoms with Gasteiger partial charge < -0.3 is 24.8 Å². The van der Waals surface area contributed by atoms with Crippen molar-refractivity contribution in [2.24, 2.45) is 0 Å². The minimum atomic E-state index is 0. The van der Waals surface area contributed by atoms with Gasteiger partial charge in [0.2, 0.25) is 0 Å². The van der Waals surface area contributed by atoms with Gasteiger partial charge in [-0.1, -0.05) is 20.8 Å². The molecule has 102 valence electrons. The van der Waals surface area contributed by atoms with E-state index in [9.17, 15) is 0 Å². The summed E-state index contributed by atoms with van der Waals surface area (Å²) < 4.78 is 1.51. The molecule has 1 rings (SSSR count). The van der Waals surface area contributed by atoms with Crippen LogP contribution in [0, 0.1) is 20.4 Å². The Morgan fingerprint density at radius 3 is 1.56 bits per heavy atom. The first-order valence-corrected chi connectivity index (χ1v) is 6.55. The average molecular weight is 364 g/mol. The van der Waals surface area contributed by atoms with E-state index in [0.717, 1.165) is 0 Å². The quantitative estimate of drug-likeness (QED) is 0.413. The molecule has 0 aliphatic carbocycles. The van der Waals surface area contributed by atoms with Gasteiger partial charge in [0.1, 0.15) is 0 Å². The van der Waals surface area contributed by atoms with E-state index in [4.69, 9.17) is 6.58 Å². The molecule has 0 saturated carbocycles. The molecule has 0 saturated heterocycles. The third-order valence-electron chi connectivity index (χ3n) is 1.62. The van der Waals surface area contributed by atoms with Crippen molar-refractivity contribution < 1.29 is 49.0 Å². The maximum atomic E-state index is 4.93. The third kappa shape index (κ3) is 25.1. The fraction of sp³-hybridized carbons (Fsp3) is 0.333. The number of hydrogen-bond acceptors (Lipinski definition) is 0. The summed E-state index contributed by atoms with van der Waals surface area (Å²) in [6.07, 6.45) is 5.15. The standard InChI is InChI=1S/C7H9.C5H7.C3H6.2ClH.Zr/c1-6-4-3-5-7(6)2;1-3-5-4-2;1-3-2;;;/h3-5H,1-2H3;1,3-5H,2H3;1-2H3;2*1H;/q2*-1;;;;+2/p-2. The smallest absolute Gasteiger partial charge is 0.0633 e. The monoisotopic (exact) mass is 362 g/mol. The first-order chi connectivity index (χ1) is 7.45. The molecule has 0 nitrogen and oxygen atoms in total. The van der Waals surface area contributed by atoms with Crippen LogP contribution in [0.2, 0.25) is 0 Å². The van der Waals surface area contributed by atoms with Crippen molar-refractivity contribution >= 4 is 3.21 Å². The maximum Gasteiger partial charge on any atom is -0.0633 e. The van der Waals surface area contributed by atoms with Gasteiger partial charge >= 0.3 is 41.3 Å². The number of allylic oxidation sites excluding steroid dienone is 3. The van der Waals surface area contributed by atoms with Crippen LogP contribution < -0.4 is 24.8 Å². The summed E-state index contributed by atoms with van der Waals surface area (Å²) in [6, 6.07) is 6.31. The summed E-state index contributed by atoms with van der Waals surface area (Å²) in [5, 5.41) is 0. The van der Waals surface area contributed by atoms with E-state index in [1.807, 2.05) is 13.0 Å². The summed E-state index contributed by atoms with van der Waals surface area (Å²) in [7, 11) is 0. The van der Waals surface area contributed by atoms with Crippen molar-refractivity contribution in [3.8, 4) is 0 Å². The van der Waals surface area contributed by atoms with E-state index in [1.165, 1.54) is 20.4 Å². The van der Waals surface area contributed by atoms with E-state index in [2.05, 4.69) is 45.9 Å². The maximum absolute atomic E-state index is 4.93. The summed E-state index contributed by atoms with van der Waals surface area (Å²) in [6.45, 7) is 15.3. The molecule has 0 bridgehead atoms. The number of halogens is 2. The number of rotatable bonds is 1. The van der Waals surface area contributed by atoms with Crippen molar-refractivity contribution in [3.05, 3.63) is 54.1 Å². The molecule has 0 spiro atoms. The van der Waals surface area contributed by atoms with Crippen molar-refractivity contribution in [3.63, 3.8) is 0 Å². The predicted molar refractivity (Wildman–Crippen MR) is 71.5 cm³/mol. The number of hydrogen-bond donors (Lipinski definition) is 0. The SMILES string of the molecule is C[C](C)=[Zr+2].Cc1c[cH-]cc1C.[CH-]=CC=CC.[Cl-].[Cl-]. The molecule has 1 aromatic rings. The van der Waals surface area contributed by atoms with Crippen LogP contribution in [0.25, 0.3) is 0 Å². The molecule has 0 radical (unpaired) electrons. The zero-order valence-corrected chi connectivity index (χ0v) is 15.8. The Hall–Kier alpha value is 0.163. The summed E-state index contributed by atoms with van der Waals surface area (Å²) in [4.78, 5) is 0. The van der Waals surface area contributed by atoms with Gasteiger partial charge in [-0.3, -0.25) is 6.58 Å². The topological polar surface area (TPSA) is 0 Å². The van der Waals surface area contributed by atoms with Gasteiger partial charge in [-0.25, -0.2) is 12.2 Å². The van der Waals surface area contributed by atoms with Crippen molar-refractivity contribution in [1.82, 2.24) is 0 Å². The molecular weight excluding hydrogens is 342 g/mol. The molecule has 1 aromatic carbocycles. The van der Waals surface area contributed by atoms with Crippen LogP contribution in [-0.2, 0) is 24.2 Å². The molecule has 0 aliphatic rings. The Labute approximate surface area is 140 Å². The molecule has 0 fully saturated rings. The van der Waals surface area contributed by atoms with E-state index < -0.39 is 0 Å². The van der Waals surface area contributed by atoms with Crippen LogP contribution >= 0.6 is 0 Å². The van der Waals surface area contributed by atoms with Crippen molar-refractivity contribution in [2.45, 2.75) is 34.6 Å². The normalized spacial score (nSPS) is 7.72. The van der Waals surface area contributed by atoms with Crippen molar-refractivity contribution in [2.75, 3.05) is 0 Å². The Bertz CT molecular complexity index is 304. The molecule has 0 aliphatic heterocycles. The summed E-state index contributed by atoms with van der Waals surface area (Å²) in [5.41, 5.74) is 2.78. The second kappa shape index (κ2) is 19.5. The first kappa shape index (κ1) is 26.7. The van der Waals surface area contributed by atoms with Crippen LogP contribution in [0.1, 0.15) is 31.9 Å². The first-order valence-electron chi connectivity index (χ1n) is 5.32. The molecular formula is C15H22Cl2Zr-2. The summed E-state index contributed by atoms with van der Waals surface area (Å²) >= 11 is 1.55.